The fourth-order valence-corrected chi connectivity index (χ4v) is 2.42. The fraction of sp³-hybridized carbons (Fsp3) is 0.250. The van der Waals surface area contributed by atoms with Crippen LogP contribution >= 0.6 is 11.6 Å². The quantitative estimate of drug-likeness (QED) is 0.656. The van der Waals surface area contributed by atoms with Gasteiger partial charge < -0.3 is 4.74 Å². The number of ether oxygens (including phenoxy) is 1. The molecule has 0 heterocycles. The van der Waals surface area contributed by atoms with Crippen LogP contribution in [0.3, 0.4) is 0 Å². The highest BCUT2D eigenvalue weighted by atomic mass is 35.5. The molecule has 0 aromatic heterocycles. The molecule has 2 aromatic rings. The Morgan fingerprint density at radius 3 is 2.67 bits per heavy atom. The number of hydrazine groups is 1. The lowest BCUT2D eigenvalue weighted by atomic mass is 9.97. The molecule has 0 aliphatic rings. The molecule has 2 aromatic carbocycles. The van der Waals surface area contributed by atoms with Gasteiger partial charge in [-0.05, 0) is 54.3 Å². The molecule has 3 nitrogen and oxygen atoms in total. The topological polar surface area (TPSA) is 47.3 Å². The summed E-state index contributed by atoms with van der Waals surface area (Å²) in [7, 11) is 1.60. The van der Waals surface area contributed by atoms with Crippen LogP contribution in [0.4, 0.5) is 4.39 Å². The maximum absolute atomic E-state index is 13.7. The Balaban J connectivity index is 2.30. The Kier molecular flexibility index (Phi) is 5.17. The molecule has 1 unspecified atom stereocenters. The zero-order valence-electron chi connectivity index (χ0n) is 12.0. The van der Waals surface area contributed by atoms with Crippen LogP contribution in [-0.2, 0) is 6.42 Å². The number of halogens is 2. The van der Waals surface area contributed by atoms with Crippen LogP contribution in [0, 0.1) is 12.7 Å². The first kappa shape index (κ1) is 15.8. The average Bonchev–Trinajstić information content (AvgIpc) is 2.48. The smallest absolute Gasteiger partial charge is 0.126 e. The summed E-state index contributed by atoms with van der Waals surface area (Å²) < 4.78 is 19.0. The van der Waals surface area contributed by atoms with Crippen molar-refractivity contribution in [2.24, 2.45) is 5.84 Å². The summed E-state index contributed by atoms with van der Waals surface area (Å²) in [6.07, 6.45) is 0.544. The number of hydrogen-bond acceptors (Lipinski definition) is 3. The first-order valence-corrected chi connectivity index (χ1v) is 6.97. The highest BCUT2D eigenvalue weighted by molar-refractivity contribution is 6.30. The number of nitrogens with two attached hydrogens (primary N) is 1. The predicted octanol–water partition coefficient (Wildman–Crippen LogP) is 3.54. The zero-order valence-corrected chi connectivity index (χ0v) is 12.7. The second-order valence-corrected chi connectivity index (χ2v) is 5.32. The monoisotopic (exact) mass is 308 g/mol. The van der Waals surface area contributed by atoms with Crippen molar-refractivity contribution in [1.82, 2.24) is 5.43 Å². The van der Waals surface area contributed by atoms with E-state index >= 15 is 0 Å². The fourth-order valence-electron chi connectivity index (χ4n) is 2.23. The summed E-state index contributed by atoms with van der Waals surface area (Å²) in [6, 6.07) is 10.3. The molecule has 2 rings (SSSR count). The van der Waals surface area contributed by atoms with Crippen LogP contribution in [0.15, 0.2) is 36.4 Å². The minimum atomic E-state index is -0.245. The van der Waals surface area contributed by atoms with E-state index in [1.807, 2.05) is 12.1 Å². The van der Waals surface area contributed by atoms with E-state index in [4.69, 9.17) is 22.2 Å². The summed E-state index contributed by atoms with van der Waals surface area (Å²) in [5.74, 6) is 6.11. The maximum atomic E-state index is 13.7. The van der Waals surface area contributed by atoms with Crippen LogP contribution in [0.1, 0.15) is 22.7 Å². The third kappa shape index (κ3) is 3.73. The Bertz CT molecular complexity index is 634. The molecule has 0 fully saturated rings. The van der Waals surface area contributed by atoms with Gasteiger partial charge in [-0.15, -0.1) is 0 Å². The molecule has 3 N–H and O–H groups in total. The van der Waals surface area contributed by atoms with Crippen molar-refractivity contribution in [2.45, 2.75) is 19.4 Å². The van der Waals surface area contributed by atoms with Gasteiger partial charge >= 0.3 is 0 Å². The number of methoxy groups -OCH3 is 1. The van der Waals surface area contributed by atoms with Gasteiger partial charge in [0.25, 0.3) is 0 Å². The third-order valence-electron chi connectivity index (χ3n) is 3.47. The number of nitrogens with one attached hydrogen (secondary N) is 1. The number of aryl methyl sites for hydroxylation is 1. The Morgan fingerprint density at radius 2 is 2.05 bits per heavy atom. The summed E-state index contributed by atoms with van der Waals surface area (Å²) in [4.78, 5) is 0. The second kappa shape index (κ2) is 6.89. The molecule has 112 valence electrons. The lowest BCUT2D eigenvalue weighted by Crippen LogP contribution is -2.29. The van der Waals surface area contributed by atoms with Gasteiger partial charge in [0.05, 0.1) is 13.2 Å². The third-order valence-corrected chi connectivity index (χ3v) is 3.70. The van der Waals surface area contributed by atoms with E-state index in [9.17, 15) is 4.39 Å². The summed E-state index contributed by atoms with van der Waals surface area (Å²) in [6.45, 7) is 1.73. The minimum Gasteiger partial charge on any atom is -0.496 e. The first-order chi connectivity index (χ1) is 10.0. The van der Waals surface area contributed by atoms with Crippen molar-refractivity contribution in [2.75, 3.05) is 7.11 Å². The predicted molar refractivity (Wildman–Crippen MR) is 82.9 cm³/mol. The molecule has 0 spiro atoms. The number of hydrogen-bond donors (Lipinski definition) is 2. The van der Waals surface area contributed by atoms with Crippen molar-refractivity contribution < 1.29 is 9.13 Å². The molecule has 0 saturated carbocycles. The van der Waals surface area contributed by atoms with E-state index in [-0.39, 0.29) is 11.9 Å². The van der Waals surface area contributed by atoms with Crippen LogP contribution in [0.25, 0.3) is 0 Å². The molecular formula is C16H18ClFN2O. The Labute approximate surface area is 128 Å². The molecule has 0 bridgehead atoms. The van der Waals surface area contributed by atoms with E-state index in [1.165, 1.54) is 6.07 Å². The van der Waals surface area contributed by atoms with Crippen molar-refractivity contribution >= 4 is 11.6 Å². The number of benzene rings is 2. The van der Waals surface area contributed by atoms with Gasteiger partial charge in [-0.2, -0.15) is 0 Å². The summed E-state index contributed by atoms with van der Waals surface area (Å²) >= 11 is 6.03. The molecule has 1 atom stereocenters. The normalized spacial score (nSPS) is 12.2. The second-order valence-electron chi connectivity index (χ2n) is 4.89. The molecule has 0 aliphatic heterocycles. The largest absolute Gasteiger partial charge is 0.496 e. The van der Waals surface area contributed by atoms with Crippen molar-refractivity contribution in [3.8, 4) is 5.75 Å². The van der Waals surface area contributed by atoms with Gasteiger partial charge in [0.15, 0.2) is 0 Å². The van der Waals surface area contributed by atoms with E-state index in [2.05, 4.69) is 5.43 Å². The zero-order chi connectivity index (χ0) is 15.4. The van der Waals surface area contributed by atoms with Gasteiger partial charge in [0.2, 0.25) is 0 Å². The van der Waals surface area contributed by atoms with Gasteiger partial charge in [-0.25, -0.2) is 4.39 Å². The highest BCUT2D eigenvalue weighted by Crippen LogP contribution is 2.28. The highest BCUT2D eigenvalue weighted by Gasteiger charge is 2.15. The van der Waals surface area contributed by atoms with E-state index in [1.54, 1.807) is 32.2 Å². The standard InChI is InChI=1S/C16H18ClFN2O/c1-10-3-4-11(8-14(10)18)15(20-19)9-12-7-13(17)5-6-16(12)21-2/h3-8,15,20H,9,19H2,1-2H3. The number of rotatable bonds is 5. The van der Waals surface area contributed by atoms with Crippen molar-refractivity contribution in [3.63, 3.8) is 0 Å². The van der Waals surface area contributed by atoms with Gasteiger partial charge in [0.1, 0.15) is 11.6 Å². The molecule has 5 heteroatoms. The summed E-state index contributed by atoms with van der Waals surface area (Å²) in [5.41, 5.74) is 5.02. The van der Waals surface area contributed by atoms with Crippen LogP contribution in [0.5, 0.6) is 5.75 Å². The van der Waals surface area contributed by atoms with Crippen molar-refractivity contribution in [3.05, 3.63) is 63.9 Å². The maximum Gasteiger partial charge on any atom is 0.126 e. The molecule has 0 saturated heterocycles. The Hall–Kier alpha value is -1.62. The lowest BCUT2D eigenvalue weighted by molar-refractivity contribution is 0.405. The molecule has 0 aliphatic carbocycles. The van der Waals surface area contributed by atoms with E-state index in [0.717, 1.165) is 16.9 Å². The van der Waals surface area contributed by atoms with Gasteiger partial charge in [0, 0.05) is 5.02 Å². The van der Waals surface area contributed by atoms with Crippen molar-refractivity contribution in [1.29, 1.82) is 0 Å². The van der Waals surface area contributed by atoms with Crippen LogP contribution < -0.4 is 16.0 Å². The van der Waals surface area contributed by atoms with Gasteiger partial charge in [-0.1, -0.05) is 23.7 Å². The molecular weight excluding hydrogens is 291 g/mol. The van der Waals surface area contributed by atoms with Crippen LogP contribution in [0.2, 0.25) is 5.02 Å². The van der Waals surface area contributed by atoms with Gasteiger partial charge in [-0.3, -0.25) is 11.3 Å². The molecule has 21 heavy (non-hydrogen) atoms. The Morgan fingerprint density at radius 1 is 1.29 bits per heavy atom. The molecule has 0 radical (unpaired) electrons. The minimum absolute atomic E-state index is 0.229. The van der Waals surface area contributed by atoms with Crippen LogP contribution in [-0.4, -0.2) is 7.11 Å². The lowest BCUT2D eigenvalue weighted by Gasteiger charge is -2.18. The molecule has 0 amide bonds. The average molecular weight is 309 g/mol. The first-order valence-electron chi connectivity index (χ1n) is 6.59. The van der Waals surface area contributed by atoms with E-state index in [0.29, 0.717) is 17.0 Å². The van der Waals surface area contributed by atoms with E-state index < -0.39 is 0 Å². The SMILES string of the molecule is COc1ccc(Cl)cc1CC(NN)c1ccc(C)c(F)c1. The summed E-state index contributed by atoms with van der Waals surface area (Å²) in [5, 5.41) is 0.622.